The summed E-state index contributed by atoms with van der Waals surface area (Å²) in [5.41, 5.74) is 2.60. The van der Waals surface area contributed by atoms with Crippen LogP contribution in [0.5, 0.6) is 0 Å². The Balaban J connectivity index is 1.03. The minimum absolute atomic E-state index is 0.0869. The largest absolute Gasteiger partial charge is 0.348 e. The molecule has 5 rings (SSSR count). The lowest BCUT2D eigenvalue weighted by Crippen LogP contribution is -2.63. The van der Waals surface area contributed by atoms with E-state index in [-0.39, 0.29) is 34.7 Å². The Bertz CT molecular complexity index is 1340. The third kappa shape index (κ3) is 5.03. The van der Waals surface area contributed by atoms with Gasteiger partial charge >= 0.3 is 5.69 Å². The number of nitrogens with zero attached hydrogens (tertiary/aromatic N) is 1. The number of H-pyrrole nitrogens is 2. The summed E-state index contributed by atoms with van der Waals surface area (Å²) >= 11 is 0. The number of carbonyl (C=O) groups excluding carboxylic acids is 3. The molecule has 1 aliphatic heterocycles. The topological polar surface area (TPSA) is 127 Å². The minimum atomic E-state index is -0.311. The SMILES string of the molecule is O=C(/C=C/C(=O)N1CC2(CC(CC(=O)Nc3cccc4[nH]c(=O)[nH]c34)C2)C1)NCc1ccccc1. The molecular weight excluding hydrogens is 446 g/mol. The molecule has 2 aliphatic rings. The molecule has 1 aromatic heterocycles. The summed E-state index contributed by atoms with van der Waals surface area (Å²) in [5, 5.41) is 5.66. The van der Waals surface area contributed by atoms with Gasteiger partial charge in [-0.15, -0.1) is 0 Å². The van der Waals surface area contributed by atoms with Gasteiger partial charge in [-0.25, -0.2) is 4.79 Å². The van der Waals surface area contributed by atoms with Gasteiger partial charge in [-0.1, -0.05) is 36.4 Å². The van der Waals surface area contributed by atoms with E-state index in [0.29, 0.717) is 42.8 Å². The van der Waals surface area contributed by atoms with Gasteiger partial charge in [0.2, 0.25) is 17.7 Å². The van der Waals surface area contributed by atoms with Crippen LogP contribution in [-0.4, -0.2) is 45.7 Å². The fourth-order valence-corrected chi connectivity index (χ4v) is 5.21. The molecule has 2 aromatic carbocycles. The number of benzene rings is 2. The van der Waals surface area contributed by atoms with Crippen molar-refractivity contribution in [2.24, 2.45) is 11.3 Å². The molecule has 0 bridgehead atoms. The summed E-state index contributed by atoms with van der Waals surface area (Å²) in [6, 6.07) is 14.9. The van der Waals surface area contributed by atoms with Crippen molar-refractivity contribution in [2.75, 3.05) is 18.4 Å². The maximum Gasteiger partial charge on any atom is 0.323 e. The van der Waals surface area contributed by atoms with E-state index in [1.807, 2.05) is 30.3 Å². The first kappa shape index (κ1) is 22.6. The fraction of sp³-hybridized carbons (Fsp3) is 0.308. The van der Waals surface area contributed by atoms with Crippen molar-refractivity contribution in [1.82, 2.24) is 20.2 Å². The Morgan fingerprint density at radius 3 is 2.54 bits per heavy atom. The summed E-state index contributed by atoms with van der Waals surface area (Å²) in [5.74, 6) is -0.279. The Hall–Kier alpha value is -4.14. The Morgan fingerprint density at radius 2 is 1.77 bits per heavy atom. The number of imidazole rings is 1. The molecule has 3 aromatic rings. The Labute approximate surface area is 201 Å². The molecular formula is C26H27N5O4. The van der Waals surface area contributed by atoms with Gasteiger partial charge in [0.05, 0.1) is 16.7 Å². The van der Waals surface area contributed by atoms with Crippen LogP contribution in [0, 0.1) is 11.3 Å². The number of rotatable bonds is 7. The molecule has 1 spiro atoms. The summed E-state index contributed by atoms with van der Waals surface area (Å²) in [7, 11) is 0. The molecule has 9 heteroatoms. The monoisotopic (exact) mass is 473 g/mol. The molecule has 2 fully saturated rings. The molecule has 1 saturated carbocycles. The average Bonchev–Trinajstić information content (AvgIpc) is 3.18. The quantitative estimate of drug-likeness (QED) is 0.393. The van der Waals surface area contributed by atoms with Crippen LogP contribution >= 0.6 is 0 Å². The molecule has 4 N–H and O–H groups in total. The van der Waals surface area contributed by atoms with Gasteiger partial charge in [0.15, 0.2) is 0 Å². The molecule has 0 radical (unpaired) electrons. The van der Waals surface area contributed by atoms with E-state index in [9.17, 15) is 19.2 Å². The van der Waals surface area contributed by atoms with E-state index in [2.05, 4.69) is 20.6 Å². The van der Waals surface area contributed by atoms with E-state index in [0.717, 1.165) is 18.4 Å². The highest BCUT2D eigenvalue weighted by Gasteiger charge is 2.53. The zero-order chi connectivity index (χ0) is 24.4. The Kier molecular flexibility index (Phi) is 5.98. The number of hydrogen-bond acceptors (Lipinski definition) is 4. The van der Waals surface area contributed by atoms with Crippen LogP contribution < -0.4 is 16.3 Å². The van der Waals surface area contributed by atoms with Crippen LogP contribution in [0.1, 0.15) is 24.8 Å². The number of fused-ring (bicyclic) bond motifs is 1. The number of likely N-dealkylation sites (tertiary alicyclic amines) is 1. The van der Waals surface area contributed by atoms with E-state index >= 15 is 0 Å². The lowest BCUT2D eigenvalue weighted by Gasteiger charge is -2.59. The van der Waals surface area contributed by atoms with Crippen molar-refractivity contribution in [3.8, 4) is 0 Å². The van der Waals surface area contributed by atoms with E-state index < -0.39 is 0 Å². The van der Waals surface area contributed by atoms with Crippen molar-refractivity contribution < 1.29 is 14.4 Å². The van der Waals surface area contributed by atoms with Crippen LogP contribution in [0.15, 0.2) is 65.5 Å². The summed E-state index contributed by atoms with van der Waals surface area (Å²) in [4.78, 5) is 55.5. The second kappa shape index (κ2) is 9.25. The maximum absolute atomic E-state index is 12.5. The van der Waals surface area contributed by atoms with Crippen molar-refractivity contribution in [3.63, 3.8) is 0 Å². The highest BCUT2D eigenvalue weighted by atomic mass is 16.2. The van der Waals surface area contributed by atoms with Gasteiger partial charge in [-0.2, -0.15) is 0 Å². The molecule has 2 heterocycles. The van der Waals surface area contributed by atoms with Crippen LogP contribution in [0.4, 0.5) is 5.69 Å². The molecule has 0 atom stereocenters. The summed E-state index contributed by atoms with van der Waals surface area (Å²) in [6.45, 7) is 1.73. The number of aromatic amines is 2. The summed E-state index contributed by atoms with van der Waals surface area (Å²) in [6.07, 6.45) is 4.81. The number of para-hydroxylation sites is 1. The smallest absolute Gasteiger partial charge is 0.323 e. The zero-order valence-corrected chi connectivity index (χ0v) is 19.2. The van der Waals surface area contributed by atoms with Crippen molar-refractivity contribution in [1.29, 1.82) is 0 Å². The van der Waals surface area contributed by atoms with Gasteiger partial charge in [0.1, 0.15) is 0 Å². The second-order valence-corrected chi connectivity index (χ2v) is 9.56. The number of carbonyl (C=O) groups is 3. The molecule has 1 saturated heterocycles. The van der Waals surface area contributed by atoms with Crippen molar-refractivity contribution in [3.05, 3.63) is 76.7 Å². The average molecular weight is 474 g/mol. The lowest BCUT2D eigenvalue weighted by molar-refractivity contribution is -0.151. The first-order valence-corrected chi connectivity index (χ1v) is 11.7. The highest BCUT2D eigenvalue weighted by Crippen LogP contribution is 2.53. The number of hydrogen-bond donors (Lipinski definition) is 4. The first-order valence-electron chi connectivity index (χ1n) is 11.7. The number of amides is 3. The van der Waals surface area contributed by atoms with E-state index in [4.69, 9.17) is 0 Å². The van der Waals surface area contributed by atoms with Gasteiger partial charge in [-0.05, 0) is 36.5 Å². The molecule has 35 heavy (non-hydrogen) atoms. The predicted molar refractivity (Wildman–Crippen MR) is 131 cm³/mol. The molecule has 3 amide bonds. The second-order valence-electron chi connectivity index (χ2n) is 9.56. The van der Waals surface area contributed by atoms with Gasteiger partial charge in [0.25, 0.3) is 0 Å². The third-order valence-corrected chi connectivity index (χ3v) is 6.79. The Morgan fingerprint density at radius 1 is 1.00 bits per heavy atom. The van der Waals surface area contributed by atoms with Crippen LogP contribution in [0.25, 0.3) is 11.0 Å². The molecule has 180 valence electrons. The van der Waals surface area contributed by atoms with E-state index in [1.165, 1.54) is 12.2 Å². The molecule has 1 aliphatic carbocycles. The van der Waals surface area contributed by atoms with Crippen LogP contribution in [0.2, 0.25) is 0 Å². The molecule has 0 unspecified atom stereocenters. The first-order chi connectivity index (χ1) is 16.9. The number of nitrogens with one attached hydrogen (secondary N) is 4. The number of aromatic nitrogens is 2. The minimum Gasteiger partial charge on any atom is -0.348 e. The number of anilines is 1. The fourth-order valence-electron chi connectivity index (χ4n) is 5.21. The van der Waals surface area contributed by atoms with Gasteiger partial charge in [0, 0.05) is 43.6 Å². The summed E-state index contributed by atoms with van der Waals surface area (Å²) < 4.78 is 0. The lowest BCUT2D eigenvalue weighted by atomic mass is 9.57. The molecule has 9 nitrogen and oxygen atoms in total. The van der Waals surface area contributed by atoms with Crippen LogP contribution in [0.3, 0.4) is 0 Å². The van der Waals surface area contributed by atoms with Crippen molar-refractivity contribution in [2.45, 2.75) is 25.8 Å². The zero-order valence-electron chi connectivity index (χ0n) is 19.2. The third-order valence-electron chi connectivity index (χ3n) is 6.79. The van der Waals surface area contributed by atoms with Crippen molar-refractivity contribution >= 4 is 34.4 Å². The van der Waals surface area contributed by atoms with Gasteiger partial charge in [-0.3, -0.25) is 14.4 Å². The van der Waals surface area contributed by atoms with E-state index in [1.54, 1.807) is 23.1 Å². The normalized spacial score (nSPS) is 16.7. The maximum atomic E-state index is 12.5. The predicted octanol–water partition coefficient (Wildman–Crippen LogP) is 2.30. The highest BCUT2D eigenvalue weighted by molar-refractivity contribution is 5.99. The standard InChI is InChI=1S/C26H27N5O4/c32-21(27-14-17-5-2-1-3-6-17)9-10-23(34)31-15-26(16-31)12-18(13-26)11-22(33)28-19-7-4-8-20-24(19)30-25(35)29-20/h1-10,18H,11-16H2,(H,27,32)(H,28,33)(H2,29,30,35)/b10-9+. The van der Waals surface area contributed by atoms with Gasteiger partial charge < -0.3 is 25.5 Å². The van der Waals surface area contributed by atoms with Crippen LogP contribution in [-0.2, 0) is 20.9 Å².